The predicted octanol–water partition coefficient (Wildman–Crippen LogP) is 1.42. The van der Waals surface area contributed by atoms with Crippen LogP contribution in [0.4, 0.5) is 0 Å². The topological polar surface area (TPSA) is 29.1 Å². The van der Waals surface area contributed by atoms with Crippen LogP contribution in [-0.2, 0) is 6.42 Å². The van der Waals surface area contributed by atoms with Crippen LogP contribution in [0.15, 0.2) is 24.3 Å². The monoisotopic (exact) mass is 162 g/mol. The molecule has 0 unspecified atom stereocenters. The molecule has 1 radical (unpaired) electrons. The molecule has 1 aromatic rings. The highest BCUT2D eigenvalue weighted by atomic mass is 16.1. The summed E-state index contributed by atoms with van der Waals surface area (Å²) in [6, 6.07) is 7.47. The zero-order valence-electron chi connectivity index (χ0n) is 7.13. The number of carbonyl (C=O) groups is 1. The first-order valence-corrected chi connectivity index (χ1v) is 3.88. The molecule has 12 heavy (non-hydrogen) atoms. The molecule has 63 valence electrons. The Morgan fingerprint density at radius 3 is 2.92 bits per heavy atom. The SMILES string of the molecule is [CH2]Cc1cccc(C(=O)NC)c1. The second-order valence-corrected chi connectivity index (χ2v) is 2.53. The maximum atomic E-state index is 11.2. The first-order valence-electron chi connectivity index (χ1n) is 3.88. The standard InChI is InChI=1S/C10H12NO/c1-3-8-5-4-6-9(7-8)10(12)11-2/h4-7H,1,3H2,2H3,(H,11,12). The molecular weight excluding hydrogens is 150 g/mol. The summed E-state index contributed by atoms with van der Waals surface area (Å²) in [5.41, 5.74) is 1.77. The van der Waals surface area contributed by atoms with Crippen LogP contribution >= 0.6 is 0 Å². The van der Waals surface area contributed by atoms with Crippen LogP contribution in [0, 0.1) is 6.92 Å². The lowest BCUT2D eigenvalue weighted by Gasteiger charge is -2.01. The van der Waals surface area contributed by atoms with Crippen molar-refractivity contribution in [1.82, 2.24) is 5.32 Å². The Morgan fingerprint density at radius 2 is 2.33 bits per heavy atom. The summed E-state index contributed by atoms with van der Waals surface area (Å²) in [5.74, 6) is -0.0506. The third-order valence-corrected chi connectivity index (χ3v) is 1.70. The molecule has 0 aromatic heterocycles. The molecule has 0 saturated heterocycles. The summed E-state index contributed by atoms with van der Waals surface area (Å²) < 4.78 is 0. The Bertz CT molecular complexity index is 281. The van der Waals surface area contributed by atoms with Crippen molar-refractivity contribution in [2.45, 2.75) is 6.42 Å². The molecule has 0 spiro atoms. The molecule has 0 saturated carbocycles. The molecule has 0 heterocycles. The molecular formula is C10H12NO. The number of benzene rings is 1. The van der Waals surface area contributed by atoms with E-state index in [0.29, 0.717) is 12.0 Å². The van der Waals surface area contributed by atoms with E-state index in [-0.39, 0.29) is 5.91 Å². The van der Waals surface area contributed by atoms with E-state index in [2.05, 4.69) is 12.2 Å². The molecule has 0 aliphatic rings. The third-order valence-electron chi connectivity index (χ3n) is 1.70. The van der Waals surface area contributed by atoms with Gasteiger partial charge in [0.15, 0.2) is 0 Å². The molecule has 1 rings (SSSR count). The van der Waals surface area contributed by atoms with Crippen LogP contribution in [0.2, 0.25) is 0 Å². The lowest BCUT2D eigenvalue weighted by atomic mass is 10.1. The van der Waals surface area contributed by atoms with E-state index in [9.17, 15) is 4.79 Å². The number of rotatable bonds is 2. The molecule has 1 N–H and O–H groups in total. The van der Waals surface area contributed by atoms with Gasteiger partial charge in [-0.25, -0.2) is 0 Å². The van der Waals surface area contributed by atoms with E-state index < -0.39 is 0 Å². The summed E-state index contributed by atoms with van der Waals surface area (Å²) >= 11 is 0. The second-order valence-electron chi connectivity index (χ2n) is 2.53. The molecule has 0 aliphatic carbocycles. The smallest absolute Gasteiger partial charge is 0.251 e. The Labute approximate surface area is 72.6 Å². The van der Waals surface area contributed by atoms with Crippen LogP contribution in [-0.4, -0.2) is 13.0 Å². The van der Waals surface area contributed by atoms with Gasteiger partial charge in [0.05, 0.1) is 0 Å². The normalized spacial score (nSPS) is 9.50. The van der Waals surface area contributed by atoms with Crippen molar-refractivity contribution in [2.24, 2.45) is 0 Å². The van der Waals surface area contributed by atoms with Crippen LogP contribution < -0.4 is 5.32 Å². The number of nitrogens with one attached hydrogen (secondary N) is 1. The summed E-state index contributed by atoms with van der Waals surface area (Å²) in [6.45, 7) is 3.75. The first kappa shape index (κ1) is 8.78. The fourth-order valence-electron chi connectivity index (χ4n) is 1.01. The van der Waals surface area contributed by atoms with Gasteiger partial charge in [0.2, 0.25) is 0 Å². The molecule has 0 fully saturated rings. The van der Waals surface area contributed by atoms with Gasteiger partial charge in [-0.3, -0.25) is 4.79 Å². The summed E-state index contributed by atoms with van der Waals surface area (Å²) in [4.78, 5) is 11.2. The molecule has 0 aliphatic heterocycles. The van der Waals surface area contributed by atoms with E-state index >= 15 is 0 Å². The van der Waals surface area contributed by atoms with Crippen molar-refractivity contribution >= 4 is 5.91 Å². The first-order chi connectivity index (χ1) is 5.77. The largest absolute Gasteiger partial charge is 0.355 e. The van der Waals surface area contributed by atoms with Crippen molar-refractivity contribution in [2.75, 3.05) is 7.05 Å². The zero-order chi connectivity index (χ0) is 8.97. The maximum Gasteiger partial charge on any atom is 0.251 e. The molecule has 2 nitrogen and oxygen atoms in total. The van der Waals surface area contributed by atoms with Crippen LogP contribution in [0.3, 0.4) is 0 Å². The van der Waals surface area contributed by atoms with Crippen molar-refractivity contribution in [3.63, 3.8) is 0 Å². The van der Waals surface area contributed by atoms with Gasteiger partial charge in [-0.2, -0.15) is 0 Å². The van der Waals surface area contributed by atoms with E-state index in [1.165, 1.54) is 0 Å². The summed E-state index contributed by atoms with van der Waals surface area (Å²) in [5, 5.41) is 2.57. The maximum absolute atomic E-state index is 11.2. The summed E-state index contributed by atoms with van der Waals surface area (Å²) in [6.07, 6.45) is 0.713. The van der Waals surface area contributed by atoms with Gasteiger partial charge in [0.1, 0.15) is 0 Å². The Balaban J connectivity index is 2.93. The van der Waals surface area contributed by atoms with Gasteiger partial charge in [-0.15, -0.1) is 0 Å². The highest BCUT2D eigenvalue weighted by Crippen LogP contribution is 2.05. The number of hydrogen-bond donors (Lipinski definition) is 1. The average Bonchev–Trinajstić information content (AvgIpc) is 2.17. The Kier molecular flexibility index (Phi) is 2.86. The second kappa shape index (κ2) is 3.90. The summed E-state index contributed by atoms with van der Waals surface area (Å²) in [7, 11) is 1.62. The number of amides is 1. The van der Waals surface area contributed by atoms with Gasteiger partial charge in [0.25, 0.3) is 5.91 Å². The van der Waals surface area contributed by atoms with Gasteiger partial charge < -0.3 is 5.32 Å². The highest BCUT2D eigenvalue weighted by Gasteiger charge is 2.01. The zero-order valence-corrected chi connectivity index (χ0v) is 7.13. The minimum atomic E-state index is -0.0506. The van der Waals surface area contributed by atoms with Gasteiger partial charge >= 0.3 is 0 Å². The van der Waals surface area contributed by atoms with Crippen LogP contribution in [0.25, 0.3) is 0 Å². The molecule has 2 heteroatoms. The highest BCUT2D eigenvalue weighted by molar-refractivity contribution is 5.94. The average molecular weight is 162 g/mol. The van der Waals surface area contributed by atoms with Crippen molar-refractivity contribution in [1.29, 1.82) is 0 Å². The van der Waals surface area contributed by atoms with Crippen LogP contribution in [0.5, 0.6) is 0 Å². The Morgan fingerprint density at radius 1 is 1.58 bits per heavy atom. The van der Waals surface area contributed by atoms with Gasteiger partial charge in [-0.05, 0) is 31.0 Å². The number of hydrogen-bond acceptors (Lipinski definition) is 1. The Hall–Kier alpha value is -1.31. The molecule has 0 atom stereocenters. The van der Waals surface area contributed by atoms with Gasteiger partial charge in [-0.1, -0.05) is 12.1 Å². The fraction of sp³-hybridized carbons (Fsp3) is 0.200. The van der Waals surface area contributed by atoms with E-state index in [4.69, 9.17) is 0 Å². The quantitative estimate of drug-likeness (QED) is 0.700. The lowest BCUT2D eigenvalue weighted by molar-refractivity contribution is 0.0963. The fourth-order valence-corrected chi connectivity index (χ4v) is 1.01. The minimum Gasteiger partial charge on any atom is -0.355 e. The minimum absolute atomic E-state index is 0.0506. The van der Waals surface area contributed by atoms with Crippen molar-refractivity contribution in [3.05, 3.63) is 42.3 Å². The van der Waals surface area contributed by atoms with Gasteiger partial charge in [0, 0.05) is 12.6 Å². The van der Waals surface area contributed by atoms with E-state index in [1.807, 2.05) is 18.2 Å². The number of carbonyl (C=O) groups excluding carboxylic acids is 1. The van der Waals surface area contributed by atoms with E-state index in [1.54, 1.807) is 13.1 Å². The van der Waals surface area contributed by atoms with Crippen molar-refractivity contribution < 1.29 is 4.79 Å². The third kappa shape index (κ3) is 1.84. The van der Waals surface area contributed by atoms with E-state index in [0.717, 1.165) is 5.56 Å². The van der Waals surface area contributed by atoms with Crippen molar-refractivity contribution in [3.8, 4) is 0 Å². The van der Waals surface area contributed by atoms with Crippen LogP contribution in [0.1, 0.15) is 15.9 Å². The lowest BCUT2D eigenvalue weighted by Crippen LogP contribution is -2.17. The molecule has 1 amide bonds. The predicted molar refractivity (Wildman–Crippen MR) is 48.9 cm³/mol. The molecule has 0 bridgehead atoms. The molecule has 1 aromatic carbocycles.